The standard InChI is InChI=1S/C25H28F2N6O/c1-32-14-17(13-28-32)15-4-5-21(23(34)8-15)22-7-16-3-2-6-33(24(16)31-30-22)20-9-18-11-25(26,27)12-19(10-20)29-18/h4-5,7-8,13-14,18-20,29,34H,2-3,6,9-12H2,1H3/t18-,19-/m0/s1. The fourth-order valence-electron chi connectivity index (χ4n) is 5.95. The third kappa shape index (κ3) is 3.91. The molecule has 0 saturated carbocycles. The fraction of sp³-hybridized carbons (Fsp3) is 0.480. The third-order valence-corrected chi connectivity index (χ3v) is 7.40. The van der Waals surface area contributed by atoms with Gasteiger partial charge in [0.05, 0.1) is 11.9 Å². The number of nitrogens with one attached hydrogen (secondary N) is 1. The first-order valence-electron chi connectivity index (χ1n) is 11.9. The van der Waals surface area contributed by atoms with Crippen LogP contribution in [-0.4, -0.2) is 55.7 Å². The predicted molar refractivity (Wildman–Crippen MR) is 125 cm³/mol. The van der Waals surface area contributed by atoms with Crippen LogP contribution >= 0.6 is 0 Å². The minimum atomic E-state index is -2.56. The molecule has 0 spiro atoms. The molecule has 2 saturated heterocycles. The molecule has 2 bridgehead atoms. The highest BCUT2D eigenvalue weighted by Crippen LogP contribution is 2.40. The van der Waals surface area contributed by atoms with Gasteiger partial charge in [-0.05, 0) is 55.0 Å². The molecule has 178 valence electrons. The molecule has 0 amide bonds. The molecule has 0 radical (unpaired) electrons. The molecule has 2 atom stereocenters. The van der Waals surface area contributed by atoms with Crippen molar-refractivity contribution in [1.29, 1.82) is 0 Å². The van der Waals surface area contributed by atoms with Crippen LogP contribution in [0.25, 0.3) is 22.4 Å². The molecule has 3 aliphatic rings. The van der Waals surface area contributed by atoms with Crippen molar-refractivity contribution in [3.63, 3.8) is 0 Å². The Hall–Kier alpha value is -3.07. The summed E-state index contributed by atoms with van der Waals surface area (Å²) in [5.41, 5.74) is 4.19. The Morgan fingerprint density at radius 3 is 2.59 bits per heavy atom. The minimum absolute atomic E-state index is 0.0837. The minimum Gasteiger partial charge on any atom is -0.507 e. The topological polar surface area (TPSA) is 79.1 Å². The summed E-state index contributed by atoms with van der Waals surface area (Å²) < 4.78 is 29.7. The lowest BCUT2D eigenvalue weighted by Gasteiger charge is -2.47. The quantitative estimate of drug-likeness (QED) is 0.609. The number of aromatic hydroxyl groups is 1. The van der Waals surface area contributed by atoms with E-state index >= 15 is 0 Å². The predicted octanol–water partition coefficient (Wildman–Crippen LogP) is 3.92. The van der Waals surface area contributed by atoms with Crippen LogP contribution < -0.4 is 10.2 Å². The summed E-state index contributed by atoms with van der Waals surface area (Å²) in [5, 5.41) is 27.4. The Bertz CT molecular complexity index is 1210. The SMILES string of the molecule is Cn1cc(-c2ccc(-c3cc4c(nn3)N(C3C[C@H]5CC(F)(F)C[C@H](C3)N5)CCC4)c(O)c2)cn1. The number of rotatable bonds is 3. The van der Waals surface area contributed by atoms with Crippen LogP contribution in [0.5, 0.6) is 5.75 Å². The van der Waals surface area contributed by atoms with Gasteiger partial charge in [-0.15, -0.1) is 10.2 Å². The number of aryl methyl sites for hydroxylation is 2. The van der Waals surface area contributed by atoms with E-state index in [-0.39, 0.29) is 36.7 Å². The number of piperidine rings is 2. The van der Waals surface area contributed by atoms with Gasteiger partial charge >= 0.3 is 0 Å². The first kappa shape index (κ1) is 21.5. The van der Waals surface area contributed by atoms with Gasteiger partial charge in [-0.2, -0.15) is 5.10 Å². The molecule has 7 nitrogen and oxygen atoms in total. The summed E-state index contributed by atoms with van der Waals surface area (Å²) in [6.07, 6.45) is 6.77. The van der Waals surface area contributed by atoms with Crippen molar-refractivity contribution in [2.24, 2.45) is 7.05 Å². The van der Waals surface area contributed by atoms with E-state index in [0.29, 0.717) is 24.1 Å². The van der Waals surface area contributed by atoms with Gasteiger partial charge in [-0.25, -0.2) is 8.78 Å². The average Bonchev–Trinajstić information content (AvgIpc) is 3.23. The maximum Gasteiger partial charge on any atom is 0.251 e. The lowest BCUT2D eigenvalue weighted by atomic mass is 9.81. The molecular formula is C25H28F2N6O. The monoisotopic (exact) mass is 466 g/mol. The molecule has 2 N–H and O–H groups in total. The van der Waals surface area contributed by atoms with Gasteiger partial charge in [0.1, 0.15) is 5.75 Å². The number of anilines is 1. The van der Waals surface area contributed by atoms with E-state index < -0.39 is 5.92 Å². The van der Waals surface area contributed by atoms with E-state index in [1.54, 1.807) is 16.9 Å². The molecule has 0 unspecified atom stereocenters. The van der Waals surface area contributed by atoms with E-state index in [4.69, 9.17) is 0 Å². The van der Waals surface area contributed by atoms with E-state index in [1.165, 1.54) is 0 Å². The summed E-state index contributed by atoms with van der Waals surface area (Å²) in [7, 11) is 1.86. The first-order chi connectivity index (χ1) is 16.3. The van der Waals surface area contributed by atoms with Crippen LogP contribution in [0.3, 0.4) is 0 Å². The van der Waals surface area contributed by atoms with Crippen molar-refractivity contribution in [3.05, 3.63) is 42.2 Å². The van der Waals surface area contributed by atoms with Crippen LogP contribution in [0.2, 0.25) is 0 Å². The summed E-state index contributed by atoms with van der Waals surface area (Å²) in [6, 6.07) is 7.44. The van der Waals surface area contributed by atoms with Crippen molar-refractivity contribution >= 4 is 5.82 Å². The second-order valence-electron chi connectivity index (χ2n) is 9.96. The van der Waals surface area contributed by atoms with E-state index in [2.05, 4.69) is 25.5 Å². The highest BCUT2D eigenvalue weighted by Gasteiger charge is 2.46. The average molecular weight is 467 g/mol. The highest BCUT2D eigenvalue weighted by molar-refractivity contribution is 5.74. The van der Waals surface area contributed by atoms with Crippen LogP contribution in [0.1, 0.15) is 37.7 Å². The van der Waals surface area contributed by atoms with Gasteiger partial charge < -0.3 is 15.3 Å². The highest BCUT2D eigenvalue weighted by atomic mass is 19.3. The van der Waals surface area contributed by atoms with Crippen molar-refractivity contribution in [1.82, 2.24) is 25.3 Å². The Kier molecular flexibility index (Phi) is 5.05. The maximum absolute atomic E-state index is 14.0. The number of nitrogens with zero attached hydrogens (tertiary/aromatic N) is 5. The van der Waals surface area contributed by atoms with Gasteiger partial charge in [0.15, 0.2) is 5.82 Å². The van der Waals surface area contributed by atoms with Crippen LogP contribution in [0, 0.1) is 0 Å². The Balaban J connectivity index is 1.26. The van der Waals surface area contributed by atoms with Gasteiger partial charge in [-0.3, -0.25) is 4.68 Å². The number of alkyl halides is 2. The van der Waals surface area contributed by atoms with E-state index in [0.717, 1.165) is 41.9 Å². The van der Waals surface area contributed by atoms with Crippen LogP contribution in [-0.2, 0) is 13.5 Å². The number of aromatic nitrogens is 4. The number of phenols is 1. The van der Waals surface area contributed by atoms with Gasteiger partial charge in [0.25, 0.3) is 5.92 Å². The van der Waals surface area contributed by atoms with E-state index in [1.807, 2.05) is 31.4 Å². The van der Waals surface area contributed by atoms with Crippen molar-refractivity contribution < 1.29 is 13.9 Å². The molecule has 0 aliphatic carbocycles. The largest absolute Gasteiger partial charge is 0.507 e. The number of fused-ring (bicyclic) bond motifs is 3. The lowest BCUT2D eigenvalue weighted by molar-refractivity contribution is -0.0670. The molecular weight excluding hydrogens is 438 g/mol. The molecule has 2 fully saturated rings. The molecule has 5 heterocycles. The number of hydrogen-bond donors (Lipinski definition) is 2. The second kappa shape index (κ2) is 8.01. The number of benzene rings is 1. The van der Waals surface area contributed by atoms with Gasteiger partial charge in [0, 0.05) is 61.9 Å². The molecule has 34 heavy (non-hydrogen) atoms. The number of hydrogen-bond acceptors (Lipinski definition) is 6. The molecule has 3 aromatic rings. The van der Waals surface area contributed by atoms with Crippen LogP contribution in [0.15, 0.2) is 36.7 Å². The van der Waals surface area contributed by atoms with E-state index in [9.17, 15) is 13.9 Å². The van der Waals surface area contributed by atoms with Crippen molar-refractivity contribution in [2.75, 3.05) is 11.4 Å². The lowest BCUT2D eigenvalue weighted by Crippen LogP contribution is -2.59. The zero-order valence-electron chi connectivity index (χ0n) is 19.1. The molecule has 6 rings (SSSR count). The van der Waals surface area contributed by atoms with Gasteiger partial charge in [0.2, 0.25) is 0 Å². The summed E-state index contributed by atoms with van der Waals surface area (Å²) in [5.74, 6) is -1.55. The molecule has 9 heteroatoms. The third-order valence-electron chi connectivity index (χ3n) is 7.40. The molecule has 1 aromatic carbocycles. The smallest absolute Gasteiger partial charge is 0.251 e. The summed E-state index contributed by atoms with van der Waals surface area (Å²) in [4.78, 5) is 2.28. The maximum atomic E-state index is 14.0. The van der Waals surface area contributed by atoms with Crippen molar-refractivity contribution in [3.8, 4) is 28.1 Å². The normalized spacial score (nSPS) is 25.7. The molecule has 2 aromatic heterocycles. The second-order valence-corrected chi connectivity index (χ2v) is 9.96. The summed E-state index contributed by atoms with van der Waals surface area (Å²) >= 11 is 0. The zero-order chi connectivity index (χ0) is 23.4. The Morgan fingerprint density at radius 2 is 1.88 bits per heavy atom. The summed E-state index contributed by atoms with van der Waals surface area (Å²) in [6.45, 7) is 0.868. The van der Waals surface area contributed by atoms with Crippen LogP contribution in [0.4, 0.5) is 14.6 Å². The zero-order valence-corrected chi connectivity index (χ0v) is 19.1. The Labute approximate surface area is 196 Å². The van der Waals surface area contributed by atoms with Gasteiger partial charge in [-0.1, -0.05) is 6.07 Å². The van der Waals surface area contributed by atoms with Crippen molar-refractivity contribution in [2.45, 2.75) is 62.6 Å². The molecule has 3 aliphatic heterocycles. The number of halogens is 2. The Morgan fingerprint density at radius 1 is 1.09 bits per heavy atom. The fourth-order valence-corrected chi connectivity index (χ4v) is 5.95. The number of phenolic OH excluding ortho intramolecular Hbond substituents is 1. The first-order valence-corrected chi connectivity index (χ1v) is 11.9.